The van der Waals surface area contributed by atoms with Crippen molar-refractivity contribution in [2.75, 3.05) is 5.32 Å². The maximum Gasteiger partial charge on any atom is 0.329 e. The molecule has 7 heteroatoms. The molecular weight excluding hydrogens is 412 g/mol. The van der Waals surface area contributed by atoms with Gasteiger partial charge < -0.3 is 9.88 Å². The highest BCUT2D eigenvalue weighted by molar-refractivity contribution is 6.39. The van der Waals surface area contributed by atoms with Crippen LogP contribution >= 0.6 is 11.6 Å². The van der Waals surface area contributed by atoms with E-state index in [1.165, 1.54) is 11.1 Å². The fourth-order valence-corrected chi connectivity index (χ4v) is 3.81. The molecule has 0 fully saturated rings. The largest absolute Gasteiger partial charge is 0.329 e. The van der Waals surface area contributed by atoms with Gasteiger partial charge in [0.1, 0.15) is 0 Å². The normalized spacial score (nSPS) is 11.0. The van der Waals surface area contributed by atoms with Crippen molar-refractivity contribution in [2.24, 2.45) is 5.10 Å². The van der Waals surface area contributed by atoms with E-state index in [0.29, 0.717) is 10.7 Å². The van der Waals surface area contributed by atoms with Crippen LogP contribution in [0, 0.1) is 34.6 Å². The predicted molar refractivity (Wildman–Crippen MR) is 125 cm³/mol. The van der Waals surface area contributed by atoms with Crippen LogP contribution in [0.15, 0.2) is 47.6 Å². The maximum absolute atomic E-state index is 12.1. The number of aromatic nitrogens is 1. The molecule has 160 valence electrons. The number of carbonyl (C=O) groups excluding carboxylic acids is 2. The Kier molecular flexibility index (Phi) is 6.61. The van der Waals surface area contributed by atoms with Crippen molar-refractivity contribution < 1.29 is 9.59 Å². The van der Waals surface area contributed by atoms with Crippen LogP contribution in [-0.2, 0) is 9.59 Å². The van der Waals surface area contributed by atoms with Crippen LogP contribution in [0.25, 0.3) is 5.69 Å². The summed E-state index contributed by atoms with van der Waals surface area (Å²) in [5.74, 6) is -1.65. The molecule has 0 aliphatic carbocycles. The van der Waals surface area contributed by atoms with E-state index in [0.717, 1.165) is 28.2 Å². The van der Waals surface area contributed by atoms with Gasteiger partial charge in [0.15, 0.2) is 0 Å². The minimum Gasteiger partial charge on any atom is -0.317 e. The molecule has 0 bridgehead atoms. The molecular formula is C24H25ClN4O2. The molecule has 31 heavy (non-hydrogen) atoms. The Morgan fingerprint density at radius 1 is 0.935 bits per heavy atom. The lowest BCUT2D eigenvalue weighted by atomic mass is 10.1. The first-order valence-electron chi connectivity index (χ1n) is 9.85. The topological polar surface area (TPSA) is 75.5 Å². The molecule has 2 aromatic carbocycles. The van der Waals surface area contributed by atoms with E-state index in [1.807, 2.05) is 26.0 Å². The van der Waals surface area contributed by atoms with Crippen LogP contribution in [0.3, 0.4) is 0 Å². The first-order valence-corrected chi connectivity index (χ1v) is 10.2. The number of anilines is 1. The number of rotatable bonds is 4. The first-order chi connectivity index (χ1) is 14.7. The highest BCUT2D eigenvalue weighted by Crippen LogP contribution is 2.25. The van der Waals surface area contributed by atoms with E-state index in [9.17, 15) is 9.59 Å². The molecule has 0 spiro atoms. The lowest BCUT2D eigenvalue weighted by Gasteiger charge is -2.15. The Morgan fingerprint density at radius 2 is 1.61 bits per heavy atom. The van der Waals surface area contributed by atoms with Gasteiger partial charge in [-0.1, -0.05) is 29.8 Å². The monoisotopic (exact) mass is 436 g/mol. The summed E-state index contributed by atoms with van der Waals surface area (Å²) in [5.41, 5.74) is 9.95. The second kappa shape index (κ2) is 9.18. The molecule has 0 atom stereocenters. The third kappa shape index (κ3) is 4.86. The maximum atomic E-state index is 12.1. The van der Waals surface area contributed by atoms with Crippen LogP contribution < -0.4 is 10.7 Å². The van der Waals surface area contributed by atoms with E-state index < -0.39 is 11.8 Å². The number of para-hydroxylation sites is 1. The summed E-state index contributed by atoms with van der Waals surface area (Å²) in [6, 6.07) is 13.2. The Bertz CT molecular complexity index is 1170. The summed E-state index contributed by atoms with van der Waals surface area (Å²) in [7, 11) is 0. The Labute approximate surface area is 186 Å². The van der Waals surface area contributed by atoms with Gasteiger partial charge in [-0.05, 0) is 75.6 Å². The zero-order valence-corrected chi connectivity index (χ0v) is 19.0. The number of nitrogens with zero attached hydrogens (tertiary/aromatic N) is 2. The quantitative estimate of drug-likeness (QED) is 0.351. The van der Waals surface area contributed by atoms with Crippen molar-refractivity contribution in [1.82, 2.24) is 9.99 Å². The summed E-state index contributed by atoms with van der Waals surface area (Å²) in [4.78, 5) is 24.3. The molecule has 1 aromatic heterocycles. The van der Waals surface area contributed by atoms with Crippen LogP contribution in [0.4, 0.5) is 5.69 Å². The summed E-state index contributed by atoms with van der Waals surface area (Å²) in [5, 5.41) is 7.09. The smallest absolute Gasteiger partial charge is 0.317 e. The van der Waals surface area contributed by atoms with Crippen LogP contribution in [0.5, 0.6) is 0 Å². The summed E-state index contributed by atoms with van der Waals surface area (Å²) >= 11 is 5.91. The van der Waals surface area contributed by atoms with Crippen molar-refractivity contribution in [2.45, 2.75) is 34.6 Å². The second-order valence-electron chi connectivity index (χ2n) is 7.51. The van der Waals surface area contributed by atoms with Crippen molar-refractivity contribution in [3.8, 4) is 5.69 Å². The number of benzene rings is 2. The molecule has 6 nitrogen and oxygen atoms in total. The minimum atomic E-state index is -0.853. The number of hydrazone groups is 1. The summed E-state index contributed by atoms with van der Waals surface area (Å²) in [6.07, 6.45) is 1.55. The zero-order valence-electron chi connectivity index (χ0n) is 18.2. The molecule has 2 N–H and O–H groups in total. The van der Waals surface area contributed by atoms with Gasteiger partial charge in [0.05, 0.1) is 11.9 Å². The van der Waals surface area contributed by atoms with Crippen molar-refractivity contribution in [3.63, 3.8) is 0 Å². The van der Waals surface area contributed by atoms with Gasteiger partial charge in [-0.3, -0.25) is 9.59 Å². The number of hydrogen-bond donors (Lipinski definition) is 2. The van der Waals surface area contributed by atoms with E-state index in [4.69, 9.17) is 11.6 Å². The van der Waals surface area contributed by atoms with Gasteiger partial charge >= 0.3 is 11.8 Å². The van der Waals surface area contributed by atoms with E-state index >= 15 is 0 Å². The first kappa shape index (κ1) is 22.3. The zero-order chi connectivity index (χ0) is 22.7. The Balaban J connectivity index is 1.73. The highest BCUT2D eigenvalue weighted by atomic mass is 35.5. The van der Waals surface area contributed by atoms with Gasteiger partial charge in [0.2, 0.25) is 0 Å². The van der Waals surface area contributed by atoms with E-state index in [1.54, 1.807) is 31.3 Å². The molecule has 0 saturated carbocycles. The summed E-state index contributed by atoms with van der Waals surface area (Å²) in [6.45, 7) is 9.98. The van der Waals surface area contributed by atoms with Gasteiger partial charge in [-0.2, -0.15) is 5.10 Å². The number of carbonyl (C=O) groups is 2. The Hall–Kier alpha value is -3.38. The number of halogens is 1. The molecule has 0 aliphatic rings. The molecule has 0 unspecified atom stereocenters. The van der Waals surface area contributed by atoms with Gasteiger partial charge in [-0.15, -0.1) is 0 Å². The van der Waals surface area contributed by atoms with Gasteiger partial charge in [0.25, 0.3) is 0 Å². The standard InChI is InChI=1S/C24H25ClN4O2/c1-14-7-6-8-15(2)22(14)29-17(4)12-19(18(29)5)13-26-28-24(31)23(30)27-21-10-9-20(25)11-16(21)3/h6-13H,1-5H3,(H,27,30)(H,28,31)/b26-13-. The highest BCUT2D eigenvalue weighted by Gasteiger charge is 2.15. The number of hydrogen-bond acceptors (Lipinski definition) is 3. The van der Waals surface area contributed by atoms with Crippen LogP contribution in [-0.4, -0.2) is 22.6 Å². The fraction of sp³-hybridized carbons (Fsp3) is 0.208. The molecule has 0 saturated heterocycles. The van der Waals surface area contributed by atoms with Crippen molar-refractivity contribution >= 4 is 35.3 Å². The van der Waals surface area contributed by atoms with E-state index in [2.05, 4.69) is 46.4 Å². The van der Waals surface area contributed by atoms with E-state index in [-0.39, 0.29) is 0 Å². The second-order valence-corrected chi connectivity index (χ2v) is 7.95. The molecule has 1 heterocycles. The van der Waals surface area contributed by atoms with Crippen molar-refractivity contribution in [3.05, 3.63) is 81.1 Å². The Morgan fingerprint density at radius 3 is 2.26 bits per heavy atom. The molecule has 2 amide bonds. The fourth-order valence-electron chi connectivity index (χ4n) is 3.58. The molecule has 0 aliphatic heterocycles. The predicted octanol–water partition coefficient (Wildman–Crippen LogP) is 4.76. The SMILES string of the molecule is Cc1cc(Cl)ccc1NC(=O)C(=O)N/N=C\c1cc(C)n(-c2c(C)cccc2C)c1C. The van der Waals surface area contributed by atoms with Gasteiger partial charge in [0, 0.05) is 27.7 Å². The van der Waals surface area contributed by atoms with Crippen LogP contribution in [0.1, 0.15) is 33.6 Å². The third-order valence-corrected chi connectivity index (χ3v) is 5.38. The average Bonchev–Trinajstić information content (AvgIpc) is 2.97. The molecule has 3 aromatic rings. The lowest BCUT2D eigenvalue weighted by molar-refractivity contribution is -0.136. The molecule has 0 radical (unpaired) electrons. The minimum absolute atomic E-state index is 0.519. The average molecular weight is 437 g/mol. The van der Waals surface area contributed by atoms with Gasteiger partial charge in [-0.25, -0.2) is 5.43 Å². The van der Waals surface area contributed by atoms with Crippen LogP contribution in [0.2, 0.25) is 5.02 Å². The third-order valence-electron chi connectivity index (χ3n) is 5.15. The number of amides is 2. The van der Waals surface area contributed by atoms with Crippen molar-refractivity contribution in [1.29, 1.82) is 0 Å². The number of nitrogens with one attached hydrogen (secondary N) is 2. The summed E-state index contributed by atoms with van der Waals surface area (Å²) < 4.78 is 2.17. The molecule has 3 rings (SSSR count). The lowest BCUT2D eigenvalue weighted by Crippen LogP contribution is -2.32. The number of aryl methyl sites for hydroxylation is 4.